The van der Waals surface area contributed by atoms with Crippen LogP contribution in [0.4, 0.5) is 0 Å². The number of halogens is 2. The molecule has 20 heteroatoms. The molecule has 16 nitrogen and oxygen atoms in total. The van der Waals surface area contributed by atoms with Crippen molar-refractivity contribution in [1.29, 1.82) is 0 Å². The minimum atomic E-state index is -0.963. The molecule has 418 valence electrons. The summed E-state index contributed by atoms with van der Waals surface area (Å²) in [6.45, 7) is 0. The third-order valence-electron chi connectivity index (χ3n) is 10.2. The second kappa shape index (κ2) is 39.0. The van der Waals surface area contributed by atoms with Crippen LogP contribution >= 0.6 is 19.4 Å². The number of nitrogens with zero attached hydrogens (tertiary/aromatic N) is 12. The summed E-state index contributed by atoms with van der Waals surface area (Å²) in [5, 5.41) is 17.6. The van der Waals surface area contributed by atoms with Gasteiger partial charge in [0.05, 0.1) is 79.5 Å². The number of hydrogen-bond acceptors (Lipinski definition) is 14. The van der Waals surface area contributed by atoms with Crippen molar-refractivity contribution in [3.05, 3.63) is 292 Å². The fraction of sp³-hybridized carbons (Fsp3) is 0.0159. The van der Waals surface area contributed by atoms with E-state index in [1.807, 2.05) is 158 Å². The smallest absolute Gasteiger partial charge is 0.0886 e. The van der Waals surface area contributed by atoms with Crippen molar-refractivity contribution in [2.75, 3.05) is 0 Å². The molecule has 12 heterocycles. The molecule has 12 aromatic heterocycles. The van der Waals surface area contributed by atoms with E-state index in [4.69, 9.17) is 29.6 Å². The summed E-state index contributed by atoms with van der Waals surface area (Å²) in [5.41, 5.74) is 10.2. The molecule has 12 aromatic rings. The van der Waals surface area contributed by atoms with Crippen molar-refractivity contribution >= 4 is 31.3 Å². The van der Waals surface area contributed by atoms with Gasteiger partial charge in [0.1, 0.15) is 0 Å². The predicted molar refractivity (Wildman–Crippen MR) is 317 cm³/mol. The van der Waals surface area contributed by atoms with E-state index in [9.17, 15) is 9.59 Å². The minimum Gasteiger partial charge on any atom is -0.255 e. The van der Waals surface area contributed by atoms with Crippen LogP contribution in [0.1, 0.15) is 28.1 Å². The predicted octanol–water partition coefficient (Wildman–Crippen LogP) is 14.3. The minimum absolute atomic E-state index is 0. The standard InChI is InChI=1S/2C11H8N2O2.4C10H8N2.CH4.2ClH.2Ru/c2*14-11(15)8-4-6-13-10(7-8)9-3-1-2-5-12-9;4*1-3-7-11-9(5-1)10-6-2-4-8-12-10;;;;;/h2*1-7H,(H,14,15);4*1-8H;1H4;2*1H;;/q;;;;;;;;;;+2/p-2. The third-order valence-corrected chi connectivity index (χ3v) is 10.2. The number of aromatic carboxylic acids is 2. The molecule has 0 aliphatic heterocycles. The van der Waals surface area contributed by atoms with Crippen LogP contribution in [-0.4, -0.2) is 82.0 Å². The number of carboxylic acids is 2. The van der Waals surface area contributed by atoms with E-state index in [1.165, 1.54) is 36.7 Å². The average molecular weight is 1310 g/mol. The van der Waals surface area contributed by atoms with E-state index in [-0.39, 0.29) is 53.2 Å². The monoisotopic (exact) mass is 1310 g/mol. The van der Waals surface area contributed by atoms with E-state index in [1.54, 1.807) is 86.2 Å². The van der Waals surface area contributed by atoms with Crippen molar-refractivity contribution in [3.63, 3.8) is 0 Å². The number of aromatic nitrogens is 12. The van der Waals surface area contributed by atoms with E-state index >= 15 is 0 Å². The Balaban J connectivity index is 0.000000211. The Morgan fingerprint density at radius 3 is 0.542 bits per heavy atom. The molecular weight excluding hydrogens is 1260 g/mol. The third kappa shape index (κ3) is 24.1. The summed E-state index contributed by atoms with van der Waals surface area (Å²) in [5.74, 6) is -1.93. The van der Waals surface area contributed by atoms with Gasteiger partial charge in [0, 0.05) is 93.8 Å². The molecule has 0 fully saturated rings. The van der Waals surface area contributed by atoms with Gasteiger partial charge in [-0.3, -0.25) is 59.8 Å². The summed E-state index contributed by atoms with van der Waals surface area (Å²) in [6.07, 6.45) is 20.4. The summed E-state index contributed by atoms with van der Waals surface area (Å²) in [4.78, 5) is 71.3. The molecule has 0 amide bonds. The van der Waals surface area contributed by atoms with Gasteiger partial charge in [-0.2, -0.15) is 0 Å². The van der Waals surface area contributed by atoms with Gasteiger partial charge in [-0.25, -0.2) is 9.59 Å². The van der Waals surface area contributed by atoms with E-state index < -0.39 is 11.9 Å². The van der Waals surface area contributed by atoms with Gasteiger partial charge < -0.3 is 10.2 Å². The molecule has 0 radical (unpaired) electrons. The van der Waals surface area contributed by atoms with Crippen molar-refractivity contribution in [2.45, 2.75) is 7.43 Å². The Kier molecular flexibility index (Phi) is 31.1. The van der Waals surface area contributed by atoms with E-state index in [0.29, 0.717) is 22.8 Å². The molecule has 0 aliphatic carbocycles. The van der Waals surface area contributed by atoms with Gasteiger partial charge in [0.25, 0.3) is 0 Å². The molecule has 0 saturated heterocycles. The number of carbonyl (C=O) groups is 2. The maximum atomic E-state index is 10.7. The van der Waals surface area contributed by atoms with Gasteiger partial charge in [0.15, 0.2) is 0 Å². The number of hydrogen-bond donors (Lipinski definition) is 2. The fourth-order valence-corrected chi connectivity index (χ4v) is 6.55. The molecule has 83 heavy (non-hydrogen) atoms. The summed E-state index contributed by atoms with van der Waals surface area (Å²) >= 11 is -0.346. The van der Waals surface area contributed by atoms with Crippen LogP contribution in [0.2, 0.25) is 0 Å². The molecule has 0 unspecified atom stereocenters. The van der Waals surface area contributed by atoms with Gasteiger partial charge in [-0.05, 0) is 146 Å². The Morgan fingerprint density at radius 1 is 0.265 bits per heavy atom. The first-order valence-electron chi connectivity index (χ1n) is 24.2. The topological polar surface area (TPSA) is 229 Å². The molecule has 0 atom stereocenters. The van der Waals surface area contributed by atoms with Crippen molar-refractivity contribution in [3.8, 4) is 68.3 Å². The fourth-order valence-electron chi connectivity index (χ4n) is 6.55. The Labute approximate surface area is 509 Å². The Morgan fingerprint density at radius 2 is 0.410 bits per heavy atom. The largest absolute Gasteiger partial charge is 0.255 e. The number of pyridine rings is 12. The van der Waals surface area contributed by atoms with Crippen LogP contribution in [0.5, 0.6) is 0 Å². The van der Waals surface area contributed by atoms with Crippen LogP contribution in [-0.2, 0) is 34.6 Å². The maximum absolute atomic E-state index is 10.7. The molecule has 0 aromatic carbocycles. The van der Waals surface area contributed by atoms with Gasteiger partial charge in [-0.1, -0.05) is 68.1 Å². The molecule has 0 aliphatic rings. The zero-order chi connectivity index (χ0) is 57.0. The van der Waals surface area contributed by atoms with Crippen molar-refractivity contribution in [2.24, 2.45) is 0 Å². The van der Waals surface area contributed by atoms with Crippen LogP contribution < -0.4 is 0 Å². The van der Waals surface area contributed by atoms with Crippen LogP contribution in [0.15, 0.2) is 281 Å². The van der Waals surface area contributed by atoms with Crippen LogP contribution in [0, 0.1) is 0 Å². The molecule has 2 N–H and O–H groups in total. The molecular formula is C63H52Cl2N12O4Ru2. The normalized spacial score (nSPS) is 9.42. The molecule has 0 saturated carbocycles. The van der Waals surface area contributed by atoms with Gasteiger partial charge >= 0.3 is 46.5 Å². The zero-order valence-corrected chi connectivity index (χ0v) is 48.1. The van der Waals surface area contributed by atoms with Crippen LogP contribution in [0.25, 0.3) is 68.3 Å². The summed E-state index contributed by atoms with van der Waals surface area (Å²) in [6, 6.07) is 63.1. The van der Waals surface area contributed by atoms with Crippen molar-refractivity contribution in [1.82, 2.24) is 59.8 Å². The number of rotatable bonds is 8. The first kappa shape index (κ1) is 66.1. The first-order valence-corrected chi connectivity index (χ1v) is 28.7. The molecule has 0 bridgehead atoms. The Hall–Kier alpha value is -9.43. The first-order chi connectivity index (χ1) is 39.8. The molecule has 12 rings (SSSR count). The maximum Gasteiger partial charge on any atom is 0.0886 e. The zero-order valence-electron chi connectivity index (χ0n) is 43.1. The van der Waals surface area contributed by atoms with Crippen LogP contribution in [0.3, 0.4) is 0 Å². The second-order valence-corrected chi connectivity index (χ2v) is 18.3. The number of carboxylic acid groups (broad SMARTS) is 2. The summed E-state index contributed by atoms with van der Waals surface area (Å²) < 4.78 is 0. The SMILES string of the molecule is C.O=C(O)c1ccnc(-c2ccccn2)c1.O=C(O)c1ccnc(-c2ccccn2)c1.[Cl][Ru][Cl].[Ru].c1ccc(-c2ccccn2)nc1.c1ccc(-c2ccccn2)nc1.c1ccc(-c2ccccn2)nc1.c1ccc(-c2ccccn2)nc1. The van der Waals surface area contributed by atoms with Crippen molar-refractivity contribution < 1.29 is 54.4 Å². The quantitative estimate of drug-likeness (QED) is 0.135. The van der Waals surface area contributed by atoms with E-state index in [2.05, 4.69) is 59.8 Å². The average Bonchev–Trinajstić information content (AvgIpc) is 3.59. The molecule has 0 spiro atoms. The second-order valence-electron chi connectivity index (χ2n) is 15.7. The van der Waals surface area contributed by atoms with Gasteiger partial charge in [0.2, 0.25) is 0 Å². The summed E-state index contributed by atoms with van der Waals surface area (Å²) in [7, 11) is 9.71. The van der Waals surface area contributed by atoms with Gasteiger partial charge in [-0.15, -0.1) is 0 Å². The van der Waals surface area contributed by atoms with E-state index in [0.717, 1.165) is 45.6 Å². The Bertz CT molecular complexity index is 3100.